The summed E-state index contributed by atoms with van der Waals surface area (Å²) in [5, 5.41) is 1.96. The first-order valence-corrected chi connectivity index (χ1v) is 7.68. The normalized spacial score (nSPS) is 10.4. The van der Waals surface area contributed by atoms with E-state index < -0.39 is 25.0 Å². The smallest absolute Gasteiger partial charge is 0.344 e. The van der Waals surface area contributed by atoms with Gasteiger partial charge >= 0.3 is 5.97 Å². The maximum atomic E-state index is 13.4. The summed E-state index contributed by atoms with van der Waals surface area (Å²) in [5.41, 5.74) is 0.460. The molecule has 0 fully saturated rings. The molecule has 0 bridgehead atoms. The second-order valence-electron chi connectivity index (χ2n) is 5.36. The van der Waals surface area contributed by atoms with E-state index in [4.69, 9.17) is 9.47 Å². The Bertz CT molecular complexity index is 920. The number of esters is 1. The fraction of sp³-hybridized carbons (Fsp3) is 0.100. The van der Waals surface area contributed by atoms with Gasteiger partial charge < -0.3 is 9.47 Å². The summed E-state index contributed by atoms with van der Waals surface area (Å²) < 4.78 is 23.3. The number of ketones is 1. The van der Waals surface area contributed by atoms with Gasteiger partial charge in [-0.1, -0.05) is 48.5 Å². The number of hydrogen-bond donors (Lipinski definition) is 0. The summed E-state index contributed by atoms with van der Waals surface area (Å²) in [7, 11) is 0. The number of para-hydroxylation sites is 1. The van der Waals surface area contributed by atoms with Crippen molar-refractivity contribution in [3.05, 3.63) is 78.1 Å². The Morgan fingerprint density at radius 2 is 1.56 bits per heavy atom. The van der Waals surface area contributed by atoms with Crippen LogP contribution in [0.3, 0.4) is 0 Å². The highest BCUT2D eigenvalue weighted by Crippen LogP contribution is 2.17. The minimum atomic E-state index is -0.739. The Balaban J connectivity index is 1.54. The SMILES string of the molecule is O=C(COc1ccccc1F)OCC(=O)c1ccc2ccccc2c1. The number of rotatable bonds is 6. The number of carbonyl (C=O) groups is 2. The molecule has 0 spiro atoms. The molecule has 0 aliphatic carbocycles. The average molecular weight is 338 g/mol. The van der Waals surface area contributed by atoms with Gasteiger partial charge in [0.25, 0.3) is 0 Å². The average Bonchev–Trinajstić information content (AvgIpc) is 2.65. The molecule has 3 aromatic carbocycles. The Morgan fingerprint density at radius 3 is 2.36 bits per heavy atom. The van der Waals surface area contributed by atoms with Gasteiger partial charge in [-0.15, -0.1) is 0 Å². The van der Waals surface area contributed by atoms with E-state index in [-0.39, 0.29) is 11.5 Å². The summed E-state index contributed by atoms with van der Waals surface area (Å²) in [4.78, 5) is 23.8. The highest BCUT2D eigenvalue weighted by Gasteiger charge is 2.12. The fourth-order valence-electron chi connectivity index (χ4n) is 2.33. The summed E-state index contributed by atoms with van der Waals surface area (Å²) >= 11 is 0. The van der Waals surface area contributed by atoms with Crippen LogP contribution in [0.4, 0.5) is 4.39 Å². The maximum Gasteiger partial charge on any atom is 0.344 e. The zero-order valence-electron chi connectivity index (χ0n) is 13.3. The van der Waals surface area contributed by atoms with Gasteiger partial charge in [-0.25, -0.2) is 9.18 Å². The molecule has 126 valence electrons. The minimum absolute atomic E-state index is 0.0414. The van der Waals surface area contributed by atoms with Gasteiger partial charge in [-0.05, 0) is 29.0 Å². The lowest BCUT2D eigenvalue weighted by molar-refractivity contribution is -0.144. The Morgan fingerprint density at radius 1 is 0.840 bits per heavy atom. The molecule has 0 aromatic heterocycles. The second-order valence-corrected chi connectivity index (χ2v) is 5.36. The van der Waals surface area contributed by atoms with Crippen LogP contribution in [0.15, 0.2) is 66.7 Å². The van der Waals surface area contributed by atoms with Gasteiger partial charge in [0.15, 0.2) is 30.6 Å². The van der Waals surface area contributed by atoms with Crippen LogP contribution in [0.5, 0.6) is 5.75 Å². The van der Waals surface area contributed by atoms with Crippen molar-refractivity contribution in [2.45, 2.75) is 0 Å². The van der Waals surface area contributed by atoms with Crippen LogP contribution in [0.2, 0.25) is 0 Å². The van der Waals surface area contributed by atoms with E-state index in [0.717, 1.165) is 10.8 Å². The van der Waals surface area contributed by atoms with E-state index in [1.165, 1.54) is 18.2 Å². The number of fused-ring (bicyclic) bond motifs is 1. The molecule has 0 unspecified atom stereocenters. The largest absolute Gasteiger partial charge is 0.479 e. The molecule has 0 saturated carbocycles. The van der Waals surface area contributed by atoms with Gasteiger partial charge in [-0.3, -0.25) is 4.79 Å². The summed E-state index contributed by atoms with van der Waals surface area (Å²) in [5.74, 6) is -1.66. The third-order valence-corrected chi connectivity index (χ3v) is 3.62. The van der Waals surface area contributed by atoms with Crippen molar-refractivity contribution in [3.63, 3.8) is 0 Å². The van der Waals surface area contributed by atoms with E-state index in [1.54, 1.807) is 18.2 Å². The van der Waals surface area contributed by atoms with E-state index in [1.807, 2.05) is 30.3 Å². The number of ether oxygens (including phenoxy) is 2. The van der Waals surface area contributed by atoms with Crippen molar-refractivity contribution < 1.29 is 23.5 Å². The third kappa shape index (κ3) is 4.20. The van der Waals surface area contributed by atoms with Crippen LogP contribution in [-0.2, 0) is 9.53 Å². The molecular weight excluding hydrogens is 323 g/mol. The number of halogens is 1. The number of Topliss-reactive ketones (excluding diaryl/α,β-unsaturated/α-hetero) is 1. The summed E-state index contributed by atoms with van der Waals surface area (Å²) in [6.07, 6.45) is 0. The molecule has 25 heavy (non-hydrogen) atoms. The fourth-order valence-corrected chi connectivity index (χ4v) is 2.33. The zero-order chi connectivity index (χ0) is 17.6. The van der Waals surface area contributed by atoms with E-state index in [9.17, 15) is 14.0 Å². The molecule has 0 N–H and O–H groups in total. The van der Waals surface area contributed by atoms with E-state index >= 15 is 0 Å². The molecule has 3 aromatic rings. The number of carbonyl (C=O) groups excluding carboxylic acids is 2. The lowest BCUT2D eigenvalue weighted by atomic mass is 10.0. The number of benzene rings is 3. The van der Waals surface area contributed by atoms with Crippen LogP contribution in [0.25, 0.3) is 10.8 Å². The van der Waals surface area contributed by atoms with Crippen molar-refractivity contribution in [3.8, 4) is 5.75 Å². The topological polar surface area (TPSA) is 52.6 Å². The van der Waals surface area contributed by atoms with Gasteiger partial charge in [-0.2, -0.15) is 0 Å². The van der Waals surface area contributed by atoms with Crippen LogP contribution in [-0.4, -0.2) is 25.0 Å². The Kier molecular flexibility index (Phi) is 5.04. The first-order valence-electron chi connectivity index (χ1n) is 7.68. The predicted octanol–water partition coefficient (Wildman–Crippen LogP) is 3.78. The molecule has 0 heterocycles. The van der Waals surface area contributed by atoms with Gasteiger partial charge in [0.05, 0.1) is 0 Å². The Hall–Kier alpha value is -3.21. The summed E-state index contributed by atoms with van der Waals surface area (Å²) in [6, 6.07) is 18.7. The molecule has 3 rings (SSSR count). The standard InChI is InChI=1S/C20H15FO4/c21-17-7-3-4-8-19(17)24-13-20(23)25-12-18(22)16-10-9-14-5-1-2-6-15(14)11-16/h1-11H,12-13H2. The minimum Gasteiger partial charge on any atom is -0.479 e. The highest BCUT2D eigenvalue weighted by atomic mass is 19.1. The van der Waals surface area contributed by atoms with Crippen LogP contribution < -0.4 is 4.74 Å². The van der Waals surface area contributed by atoms with Crippen LogP contribution in [0.1, 0.15) is 10.4 Å². The quantitative estimate of drug-likeness (QED) is 0.507. The van der Waals surface area contributed by atoms with Crippen molar-refractivity contribution in [2.24, 2.45) is 0 Å². The third-order valence-electron chi connectivity index (χ3n) is 3.62. The van der Waals surface area contributed by atoms with Gasteiger partial charge in [0.1, 0.15) is 0 Å². The molecule has 0 aliphatic heterocycles. The molecule has 0 radical (unpaired) electrons. The predicted molar refractivity (Wildman–Crippen MR) is 91.1 cm³/mol. The van der Waals surface area contributed by atoms with Crippen molar-refractivity contribution >= 4 is 22.5 Å². The molecule has 0 saturated heterocycles. The van der Waals surface area contributed by atoms with Gasteiger partial charge in [0.2, 0.25) is 0 Å². The lowest BCUT2D eigenvalue weighted by Crippen LogP contribution is -2.19. The van der Waals surface area contributed by atoms with Crippen LogP contribution >= 0.6 is 0 Å². The van der Waals surface area contributed by atoms with Crippen molar-refractivity contribution in [1.82, 2.24) is 0 Å². The summed E-state index contributed by atoms with van der Waals surface area (Å²) in [6.45, 7) is -0.857. The molecule has 5 heteroatoms. The maximum absolute atomic E-state index is 13.4. The first kappa shape index (κ1) is 16.6. The van der Waals surface area contributed by atoms with Gasteiger partial charge in [0, 0.05) is 5.56 Å². The highest BCUT2D eigenvalue weighted by molar-refractivity contribution is 6.01. The monoisotopic (exact) mass is 338 g/mol. The van der Waals surface area contributed by atoms with E-state index in [0.29, 0.717) is 5.56 Å². The first-order chi connectivity index (χ1) is 12.1. The molecule has 0 atom stereocenters. The molecule has 0 amide bonds. The Labute approximate surface area is 143 Å². The van der Waals surface area contributed by atoms with E-state index in [2.05, 4.69) is 0 Å². The second kappa shape index (κ2) is 7.57. The van der Waals surface area contributed by atoms with Crippen molar-refractivity contribution in [2.75, 3.05) is 13.2 Å². The number of hydrogen-bond acceptors (Lipinski definition) is 4. The molecule has 0 aliphatic rings. The van der Waals surface area contributed by atoms with Crippen LogP contribution in [0, 0.1) is 5.82 Å². The zero-order valence-corrected chi connectivity index (χ0v) is 13.3. The lowest BCUT2D eigenvalue weighted by Gasteiger charge is -2.07. The van der Waals surface area contributed by atoms with Crippen molar-refractivity contribution in [1.29, 1.82) is 0 Å². The molecular formula is C20H15FO4. The molecule has 4 nitrogen and oxygen atoms in total.